The molecular weight excluding hydrogens is 363 g/mol. The van der Waals surface area contributed by atoms with E-state index in [9.17, 15) is 5.11 Å². The van der Waals surface area contributed by atoms with Gasteiger partial charge in [0.25, 0.3) is 0 Å². The zero-order chi connectivity index (χ0) is 14.3. The van der Waals surface area contributed by atoms with Gasteiger partial charge in [0.05, 0.1) is 0 Å². The Labute approximate surface area is 131 Å². The standard InChI is InChI=1S/C17H15IO2/c1-11-3-8-15-12(9-11)10-16(20-15)17(2,19)13-4-6-14(18)7-5-13/h3-10,19H,1-2H3. The fourth-order valence-electron chi connectivity index (χ4n) is 2.32. The molecule has 0 amide bonds. The minimum atomic E-state index is -1.13. The topological polar surface area (TPSA) is 33.4 Å². The van der Waals surface area contributed by atoms with E-state index in [-0.39, 0.29) is 0 Å². The molecule has 0 spiro atoms. The van der Waals surface area contributed by atoms with Crippen LogP contribution in [0.2, 0.25) is 0 Å². The van der Waals surface area contributed by atoms with Gasteiger partial charge in [-0.2, -0.15) is 0 Å². The average Bonchev–Trinajstić information content (AvgIpc) is 2.83. The molecule has 3 aromatic rings. The Balaban J connectivity index is 2.10. The Hall–Kier alpha value is -1.33. The SMILES string of the molecule is Cc1ccc2oc(C(C)(O)c3ccc(I)cc3)cc2c1. The number of benzene rings is 2. The number of halogens is 1. The maximum atomic E-state index is 10.8. The van der Waals surface area contributed by atoms with Crippen molar-refractivity contribution in [1.29, 1.82) is 0 Å². The molecule has 1 atom stereocenters. The molecule has 1 N–H and O–H groups in total. The van der Waals surface area contributed by atoms with Gasteiger partial charge in [-0.15, -0.1) is 0 Å². The first-order valence-corrected chi connectivity index (χ1v) is 7.54. The molecule has 0 saturated carbocycles. The van der Waals surface area contributed by atoms with Crippen molar-refractivity contribution in [3.63, 3.8) is 0 Å². The monoisotopic (exact) mass is 378 g/mol. The highest BCUT2D eigenvalue weighted by atomic mass is 127. The molecule has 2 aromatic carbocycles. The minimum absolute atomic E-state index is 0.569. The Morgan fingerprint density at radius 1 is 1.05 bits per heavy atom. The van der Waals surface area contributed by atoms with E-state index in [1.165, 1.54) is 5.56 Å². The van der Waals surface area contributed by atoms with Crippen LogP contribution in [0.4, 0.5) is 0 Å². The van der Waals surface area contributed by atoms with Crippen LogP contribution in [0.3, 0.4) is 0 Å². The third kappa shape index (κ3) is 2.36. The van der Waals surface area contributed by atoms with E-state index in [0.29, 0.717) is 5.76 Å². The quantitative estimate of drug-likeness (QED) is 0.662. The number of rotatable bonds is 2. The van der Waals surface area contributed by atoms with Crippen molar-refractivity contribution in [2.24, 2.45) is 0 Å². The first-order chi connectivity index (χ1) is 9.46. The smallest absolute Gasteiger partial charge is 0.144 e. The predicted molar refractivity (Wildman–Crippen MR) is 88.8 cm³/mol. The molecule has 102 valence electrons. The number of fused-ring (bicyclic) bond motifs is 1. The summed E-state index contributed by atoms with van der Waals surface area (Å²) in [6, 6.07) is 15.8. The first kappa shape index (κ1) is 13.6. The summed E-state index contributed by atoms with van der Waals surface area (Å²) >= 11 is 2.25. The van der Waals surface area contributed by atoms with Gasteiger partial charge in [0.1, 0.15) is 16.9 Å². The third-order valence-corrected chi connectivity index (χ3v) is 4.28. The summed E-state index contributed by atoms with van der Waals surface area (Å²) in [5.74, 6) is 0.569. The maximum Gasteiger partial charge on any atom is 0.144 e. The van der Waals surface area contributed by atoms with Gasteiger partial charge >= 0.3 is 0 Å². The van der Waals surface area contributed by atoms with Crippen LogP contribution in [0.25, 0.3) is 11.0 Å². The Bertz CT molecular complexity index is 754. The molecule has 2 nitrogen and oxygen atoms in total. The maximum absolute atomic E-state index is 10.8. The second-order valence-electron chi connectivity index (χ2n) is 5.23. The fraction of sp³-hybridized carbons (Fsp3) is 0.176. The van der Waals surface area contributed by atoms with Gasteiger partial charge < -0.3 is 9.52 Å². The van der Waals surface area contributed by atoms with Crippen molar-refractivity contribution in [3.05, 3.63) is 69.0 Å². The van der Waals surface area contributed by atoms with Gasteiger partial charge in [-0.3, -0.25) is 0 Å². The highest BCUT2D eigenvalue weighted by molar-refractivity contribution is 14.1. The van der Waals surface area contributed by atoms with Gasteiger partial charge in [0.2, 0.25) is 0 Å². The summed E-state index contributed by atoms with van der Waals surface area (Å²) in [5.41, 5.74) is 1.68. The average molecular weight is 378 g/mol. The van der Waals surface area contributed by atoms with Crippen LogP contribution >= 0.6 is 22.6 Å². The lowest BCUT2D eigenvalue weighted by Crippen LogP contribution is -2.21. The Morgan fingerprint density at radius 2 is 1.75 bits per heavy atom. The van der Waals surface area contributed by atoms with Crippen molar-refractivity contribution in [2.45, 2.75) is 19.4 Å². The van der Waals surface area contributed by atoms with E-state index in [1.54, 1.807) is 6.92 Å². The van der Waals surface area contributed by atoms with Crippen LogP contribution in [-0.2, 0) is 5.60 Å². The molecule has 0 aliphatic rings. The van der Waals surface area contributed by atoms with E-state index in [0.717, 1.165) is 20.1 Å². The molecule has 0 aliphatic heterocycles. The summed E-state index contributed by atoms with van der Waals surface area (Å²) in [6.45, 7) is 3.81. The predicted octanol–water partition coefficient (Wildman–Crippen LogP) is 4.60. The van der Waals surface area contributed by atoms with Crippen LogP contribution in [0.1, 0.15) is 23.8 Å². The minimum Gasteiger partial charge on any atom is -0.458 e. The summed E-state index contributed by atoms with van der Waals surface area (Å²) in [6.07, 6.45) is 0. The molecule has 0 aliphatic carbocycles. The number of hydrogen-bond donors (Lipinski definition) is 1. The van der Waals surface area contributed by atoms with E-state index in [1.807, 2.05) is 49.4 Å². The second kappa shape index (κ2) is 4.90. The summed E-state index contributed by atoms with van der Waals surface area (Å²) in [7, 11) is 0. The number of aryl methyl sites for hydroxylation is 1. The highest BCUT2D eigenvalue weighted by Gasteiger charge is 2.29. The normalized spacial score (nSPS) is 14.4. The largest absolute Gasteiger partial charge is 0.458 e. The molecule has 0 bridgehead atoms. The summed E-state index contributed by atoms with van der Waals surface area (Å²) in [5, 5.41) is 11.8. The molecule has 0 fully saturated rings. The van der Waals surface area contributed by atoms with Crippen LogP contribution in [0, 0.1) is 10.5 Å². The molecule has 3 rings (SSSR count). The van der Waals surface area contributed by atoms with E-state index in [2.05, 4.69) is 28.7 Å². The van der Waals surface area contributed by atoms with Crippen molar-refractivity contribution >= 4 is 33.6 Å². The van der Waals surface area contributed by atoms with Gasteiger partial charge in [-0.25, -0.2) is 0 Å². The summed E-state index contributed by atoms with van der Waals surface area (Å²) < 4.78 is 6.96. The third-order valence-electron chi connectivity index (χ3n) is 3.56. The molecular formula is C17H15IO2. The molecule has 20 heavy (non-hydrogen) atoms. The van der Waals surface area contributed by atoms with Crippen LogP contribution < -0.4 is 0 Å². The second-order valence-corrected chi connectivity index (χ2v) is 6.48. The zero-order valence-corrected chi connectivity index (χ0v) is 13.5. The molecule has 1 aromatic heterocycles. The molecule has 3 heteroatoms. The lowest BCUT2D eigenvalue weighted by molar-refractivity contribution is 0.0786. The number of furan rings is 1. The highest BCUT2D eigenvalue weighted by Crippen LogP contribution is 2.33. The Kier molecular flexibility index (Phi) is 3.34. The zero-order valence-electron chi connectivity index (χ0n) is 11.4. The molecule has 0 saturated heterocycles. The van der Waals surface area contributed by atoms with E-state index < -0.39 is 5.60 Å². The van der Waals surface area contributed by atoms with E-state index in [4.69, 9.17) is 4.42 Å². The number of aliphatic hydroxyl groups is 1. The van der Waals surface area contributed by atoms with Crippen LogP contribution in [-0.4, -0.2) is 5.11 Å². The molecule has 1 unspecified atom stereocenters. The summed E-state index contributed by atoms with van der Waals surface area (Å²) in [4.78, 5) is 0. The van der Waals surface area contributed by atoms with Gasteiger partial charge in [0.15, 0.2) is 0 Å². The lowest BCUT2D eigenvalue weighted by Gasteiger charge is -2.21. The van der Waals surface area contributed by atoms with Crippen LogP contribution in [0.15, 0.2) is 52.9 Å². The number of hydrogen-bond acceptors (Lipinski definition) is 2. The van der Waals surface area contributed by atoms with Crippen molar-refractivity contribution < 1.29 is 9.52 Å². The molecule has 0 radical (unpaired) electrons. The molecule has 1 heterocycles. The van der Waals surface area contributed by atoms with Gasteiger partial charge in [-0.1, -0.05) is 23.8 Å². The van der Waals surface area contributed by atoms with Crippen molar-refractivity contribution in [1.82, 2.24) is 0 Å². The van der Waals surface area contributed by atoms with Crippen LogP contribution in [0.5, 0.6) is 0 Å². The first-order valence-electron chi connectivity index (χ1n) is 6.46. The van der Waals surface area contributed by atoms with Gasteiger partial charge in [-0.05, 0) is 72.3 Å². The van der Waals surface area contributed by atoms with Crippen molar-refractivity contribution in [3.8, 4) is 0 Å². The van der Waals surface area contributed by atoms with Gasteiger partial charge in [0, 0.05) is 8.96 Å². The Morgan fingerprint density at radius 3 is 2.45 bits per heavy atom. The lowest BCUT2D eigenvalue weighted by atomic mass is 9.93. The fourth-order valence-corrected chi connectivity index (χ4v) is 2.68. The van der Waals surface area contributed by atoms with E-state index >= 15 is 0 Å². The van der Waals surface area contributed by atoms with Crippen molar-refractivity contribution in [2.75, 3.05) is 0 Å².